The molecule has 3 heterocycles. The van der Waals surface area contributed by atoms with Crippen molar-refractivity contribution in [3.8, 4) is 5.75 Å². The Morgan fingerprint density at radius 3 is 2.58 bits per heavy atom. The van der Waals surface area contributed by atoms with Crippen molar-refractivity contribution in [1.29, 1.82) is 0 Å². The molecule has 1 aromatic carbocycles. The number of carbonyl (C=O) groups is 2. The van der Waals surface area contributed by atoms with Gasteiger partial charge in [0.05, 0.1) is 35.0 Å². The van der Waals surface area contributed by atoms with Gasteiger partial charge < -0.3 is 23.5 Å². The zero-order valence-electron chi connectivity index (χ0n) is 16.3. The van der Waals surface area contributed by atoms with Gasteiger partial charge in [-0.25, -0.2) is 13.2 Å². The fraction of sp³-hybridized carbons (Fsp3) is 0.556. The Morgan fingerprint density at radius 1 is 1.27 bits per heavy atom. The molecule has 0 amide bonds. The van der Waals surface area contributed by atoms with Gasteiger partial charge in [-0.15, -0.1) is 0 Å². The highest BCUT2D eigenvalue weighted by Crippen LogP contribution is 2.51. The molecule has 2 saturated heterocycles. The number of carbonyl (C=O) groups excluding carboxylic acids is 2. The molecule has 0 aliphatic carbocycles. The molecule has 33 heavy (non-hydrogen) atoms. The van der Waals surface area contributed by atoms with Crippen molar-refractivity contribution < 1.29 is 59.1 Å². The summed E-state index contributed by atoms with van der Waals surface area (Å²) in [6, 6.07) is 4.90. The minimum Gasteiger partial charge on any atom is -0.743 e. The van der Waals surface area contributed by atoms with Gasteiger partial charge in [-0.05, 0) is 41.1 Å². The molecule has 9 nitrogen and oxygen atoms in total. The number of hydrogen-bond donors (Lipinski definition) is 0. The molecule has 0 aromatic heterocycles. The van der Waals surface area contributed by atoms with E-state index < -0.39 is 70.2 Å². The quantitative estimate of drug-likeness (QED) is 0.207. The number of benzene rings is 1. The first-order valence-electron chi connectivity index (χ1n) is 9.42. The molecule has 4 rings (SSSR count). The summed E-state index contributed by atoms with van der Waals surface area (Å²) in [5.74, 6) is -9.07. The number of ether oxygens (including phenoxy) is 4. The Labute approximate surface area is 197 Å². The summed E-state index contributed by atoms with van der Waals surface area (Å²) < 4.78 is 107. The third-order valence-corrected chi connectivity index (χ3v) is 7.44. The van der Waals surface area contributed by atoms with Crippen LogP contribution in [0.25, 0.3) is 0 Å². The molecule has 1 aromatic rings. The van der Waals surface area contributed by atoms with Gasteiger partial charge in [0.1, 0.15) is 11.7 Å². The number of alkyl halides is 4. The van der Waals surface area contributed by atoms with Crippen LogP contribution in [-0.4, -0.2) is 60.7 Å². The highest BCUT2D eigenvalue weighted by molar-refractivity contribution is 14.1. The maximum atomic E-state index is 13.5. The van der Waals surface area contributed by atoms with E-state index in [9.17, 15) is 40.1 Å². The van der Waals surface area contributed by atoms with Gasteiger partial charge in [0.15, 0.2) is 15.9 Å². The molecule has 4 unspecified atom stereocenters. The summed E-state index contributed by atoms with van der Waals surface area (Å²) in [7, 11) is -6.63. The van der Waals surface area contributed by atoms with E-state index in [1.807, 2.05) is 22.6 Å². The van der Waals surface area contributed by atoms with Crippen molar-refractivity contribution in [3.05, 3.63) is 27.3 Å². The molecule has 0 radical (unpaired) electrons. The van der Waals surface area contributed by atoms with Crippen LogP contribution < -0.4 is 4.74 Å². The van der Waals surface area contributed by atoms with E-state index in [4.69, 9.17) is 14.2 Å². The summed E-state index contributed by atoms with van der Waals surface area (Å²) in [5, 5.41) is -5.86. The standard InChI is InChI=1S/C18H15F4IO9S/c19-17(20,18(21,22)33(26,27)28)4-5-29-14(24)9-6-12-16(7-11(9)30-12)31-13-8(15(25)32-16)2-1-3-10(13)23/h1-3,9,11-12H,4-7H2,(H,26,27,28)/p-1. The van der Waals surface area contributed by atoms with E-state index in [2.05, 4.69) is 4.74 Å². The number of hydrogen-bond acceptors (Lipinski definition) is 9. The Balaban J connectivity index is 1.38. The average Bonchev–Trinajstić information content (AvgIpc) is 3.26. The first-order chi connectivity index (χ1) is 15.2. The van der Waals surface area contributed by atoms with Crippen molar-refractivity contribution in [2.75, 3.05) is 6.61 Å². The fourth-order valence-electron chi connectivity index (χ4n) is 3.99. The third kappa shape index (κ3) is 3.95. The largest absolute Gasteiger partial charge is 0.743 e. The van der Waals surface area contributed by atoms with Crippen LogP contribution in [0.3, 0.4) is 0 Å². The molecule has 15 heteroatoms. The van der Waals surface area contributed by atoms with Crippen molar-refractivity contribution in [2.45, 2.75) is 48.4 Å². The van der Waals surface area contributed by atoms with Crippen molar-refractivity contribution in [3.63, 3.8) is 0 Å². The second-order valence-electron chi connectivity index (χ2n) is 7.72. The lowest BCUT2D eigenvalue weighted by Gasteiger charge is -2.39. The van der Waals surface area contributed by atoms with Gasteiger partial charge in [-0.2, -0.15) is 17.6 Å². The Kier molecular flexibility index (Phi) is 5.85. The number of para-hydroxylation sites is 1. The molecular weight excluding hydrogens is 595 g/mol. The van der Waals surface area contributed by atoms with Gasteiger partial charge in [-0.3, -0.25) is 4.79 Å². The zero-order valence-corrected chi connectivity index (χ0v) is 19.2. The Morgan fingerprint density at radius 2 is 1.97 bits per heavy atom. The lowest BCUT2D eigenvalue weighted by molar-refractivity contribution is -0.187. The topological polar surface area (TPSA) is 128 Å². The summed E-state index contributed by atoms with van der Waals surface area (Å²) in [4.78, 5) is 24.7. The Hall–Kier alpha value is -1.72. The second kappa shape index (κ2) is 7.91. The summed E-state index contributed by atoms with van der Waals surface area (Å²) >= 11 is 1.98. The second-order valence-corrected chi connectivity index (χ2v) is 10.3. The minimum absolute atomic E-state index is 0.0585. The Bertz CT molecular complexity index is 1110. The highest BCUT2D eigenvalue weighted by Gasteiger charge is 2.65. The molecule has 0 saturated carbocycles. The van der Waals surface area contributed by atoms with Crippen LogP contribution in [0.15, 0.2) is 18.2 Å². The van der Waals surface area contributed by atoms with Gasteiger partial charge in [0, 0.05) is 0 Å². The SMILES string of the molecule is O=C1OC2(CC3OC2CC3C(=O)OCCC(F)(F)C(F)(F)S(=O)(=O)[O-])Oc2c(I)cccc21. The summed E-state index contributed by atoms with van der Waals surface area (Å²) in [5.41, 5.74) is 0.226. The van der Waals surface area contributed by atoms with Crippen LogP contribution >= 0.6 is 22.6 Å². The average molecular weight is 609 g/mol. The van der Waals surface area contributed by atoms with Crippen LogP contribution in [0.1, 0.15) is 29.6 Å². The molecular formula is C18H14F4IO9S-. The molecule has 1 spiro atoms. The normalized spacial score (nSPS) is 28.9. The third-order valence-electron chi connectivity index (χ3n) is 5.66. The van der Waals surface area contributed by atoms with Crippen molar-refractivity contribution in [1.82, 2.24) is 0 Å². The maximum Gasteiger partial charge on any atom is 0.396 e. The number of halogens is 5. The van der Waals surface area contributed by atoms with Gasteiger partial charge in [0.2, 0.25) is 0 Å². The van der Waals surface area contributed by atoms with Crippen LogP contribution in [0, 0.1) is 9.49 Å². The predicted molar refractivity (Wildman–Crippen MR) is 104 cm³/mol. The van der Waals surface area contributed by atoms with E-state index in [0.29, 0.717) is 9.32 Å². The van der Waals surface area contributed by atoms with Gasteiger partial charge in [-0.1, -0.05) is 6.07 Å². The fourth-order valence-corrected chi connectivity index (χ4v) is 5.06. The number of fused-ring (bicyclic) bond motifs is 4. The van der Waals surface area contributed by atoms with Crippen LogP contribution in [0.4, 0.5) is 17.6 Å². The lowest BCUT2D eigenvalue weighted by Crippen LogP contribution is -2.53. The highest BCUT2D eigenvalue weighted by atomic mass is 127. The molecule has 182 valence electrons. The van der Waals surface area contributed by atoms with Crippen molar-refractivity contribution >= 4 is 44.6 Å². The van der Waals surface area contributed by atoms with E-state index in [-0.39, 0.29) is 18.4 Å². The zero-order chi connectivity index (χ0) is 24.4. The van der Waals surface area contributed by atoms with E-state index in [0.717, 1.165) is 0 Å². The number of rotatable bonds is 6. The molecule has 0 N–H and O–H groups in total. The lowest BCUT2D eigenvalue weighted by atomic mass is 9.84. The molecule has 3 aliphatic rings. The smallest absolute Gasteiger partial charge is 0.396 e. The summed E-state index contributed by atoms with van der Waals surface area (Å²) in [6.07, 6.45) is -3.73. The maximum absolute atomic E-state index is 13.5. The molecule has 3 aliphatic heterocycles. The van der Waals surface area contributed by atoms with E-state index in [1.54, 1.807) is 12.1 Å². The van der Waals surface area contributed by atoms with Gasteiger partial charge >= 0.3 is 23.1 Å². The molecule has 4 atom stereocenters. The first kappa shape index (κ1) is 24.4. The monoisotopic (exact) mass is 609 g/mol. The van der Waals surface area contributed by atoms with Crippen LogP contribution in [0.5, 0.6) is 5.75 Å². The molecule has 2 fully saturated rings. The molecule has 2 bridgehead atoms. The van der Waals surface area contributed by atoms with Gasteiger partial charge in [0.25, 0.3) is 5.79 Å². The van der Waals surface area contributed by atoms with Crippen LogP contribution in [0.2, 0.25) is 0 Å². The predicted octanol–water partition coefficient (Wildman–Crippen LogP) is 2.42. The van der Waals surface area contributed by atoms with Crippen molar-refractivity contribution in [2.24, 2.45) is 5.92 Å². The summed E-state index contributed by atoms with van der Waals surface area (Å²) in [6.45, 7) is -1.26. The van der Waals surface area contributed by atoms with E-state index in [1.165, 1.54) is 6.07 Å². The minimum atomic E-state index is -6.63. The number of esters is 2. The van der Waals surface area contributed by atoms with E-state index >= 15 is 0 Å². The first-order valence-corrected chi connectivity index (χ1v) is 11.9. The van der Waals surface area contributed by atoms with Crippen LogP contribution in [-0.2, 0) is 29.1 Å².